The average molecular weight is 634 g/mol. The van der Waals surface area contributed by atoms with Gasteiger partial charge in [-0.25, -0.2) is 4.79 Å². The molecule has 0 aromatic rings. The highest BCUT2D eigenvalue weighted by molar-refractivity contribution is 14.1. The molecular formula is C8H8Cl2I3NO4. The van der Waals surface area contributed by atoms with Crippen molar-refractivity contribution in [2.24, 2.45) is 11.7 Å². The van der Waals surface area contributed by atoms with Crippen LogP contribution in [0.3, 0.4) is 0 Å². The Morgan fingerprint density at radius 2 is 1.72 bits per heavy atom. The summed E-state index contributed by atoms with van der Waals surface area (Å²) < 4.78 is -0.388. The van der Waals surface area contributed by atoms with Crippen LogP contribution in [0.25, 0.3) is 0 Å². The highest BCUT2D eigenvalue weighted by atomic mass is 127. The van der Waals surface area contributed by atoms with E-state index in [4.69, 9.17) is 15.9 Å². The van der Waals surface area contributed by atoms with E-state index in [1.54, 1.807) is 22.6 Å². The summed E-state index contributed by atoms with van der Waals surface area (Å²) >= 11 is 5.40. The maximum atomic E-state index is 11.1. The Kier molecular flexibility index (Phi) is 9.30. The number of hydrogen-bond donors (Lipinski definition) is 3. The van der Waals surface area contributed by atoms with Gasteiger partial charge in [0.2, 0.25) is 0 Å². The Bertz CT molecular complexity index is 436. The molecule has 0 saturated carbocycles. The van der Waals surface area contributed by atoms with Gasteiger partial charge in [-0.1, -0.05) is 22.6 Å². The fourth-order valence-electron chi connectivity index (χ4n) is 1.30. The first-order chi connectivity index (χ1) is 7.18. The molecule has 0 aromatic heterocycles. The predicted molar refractivity (Wildman–Crippen MR) is 97.3 cm³/mol. The molecule has 104 valence electrons. The fraction of sp³-hybridized carbons (Fsp3) is 0.250. The molecule has 10 heteroatoms. The van der Waals surface area contributed by atoms with E-state index in [9.17, 15) is 9.59 Å². The molecule has 0 heterocycles. The van der Waals surface area contributed by atoms with Crippen molar-refractivity contribution in [3.05, 3.63) is 18.8 Å². The molecule has 0 radical (unpaired) electrons. The summed E-state index contributed by atoms with van der Waals surface area (Å²) in [5.74, 6) is -3.29. The highest BCUT2D eigenvalue weighted by Gasteiger charge is 2.44. The normalized spacial score (nSPS) is 26.7. The highest BCUT2D eigenvalue weighted by Crippen LogP contribution is 2.44. The van der Waals surface area contributed by atoms with E-state index in [1.165, 1.54) is 6.08 Å². The Labute approximate surface area is 156 Å². The maximum absolute atomic E-state index is 11.1. The van der Waals surface area contributed by atoms with Crippen LogP contribution in [0.1, 0.15) is 0 Å². The lowest BCUT2D eigenvalue weighted by Crippen LogP contribution is -2.46. The van der Waals surface area contributed by atoms with E-state index in [2.05, 4.69) is 0 Å². The molecular weight excluding hydrogens is 626 g/mol. The van der Waals surface area contributed by atoms with Gasteiger partial charge in [0.15, 0.2) is 0 Å². The van der Waals surface area contributed by atoms with Crippen LogP contribution in [-0.4, -0.2) is 25.7 Å². The van der Waals surface area contributed by atoms with Crippen LogP contribution in [0.15, 0.2) is 18.8 Å². The van der Waals surface area contributed by atoms with E-state index < -0.39 is 21.4 Å². The zero-order valence-electron chi connectivity index (χ0n) is 8.39. The minimum Gasteiger partial charge on any atom is -0.481 e. The van der Waals surface area contributed by atoms with Crippen molar-refractivity contribution >= 4 is 105 Å². The molecule has 2 atom stereocenters. The van der Waals surface area contributed by atoms with Crippen LogP contribution in [0.4, 0.5) is 0 Å². The quantitative estimate of drug-likeness (QED) is 0.247. The van der Waals surface area contributed by atoms with E-state index in [0.717, 1.165) is 0 Å². The van der Waals surface area contributed by atoms with Gasteiger partial charge in [0.1, 0.15) is 9.46 Å². The van der Waals surface area contributed by atoms with Crippen molar-refractivity contribution in [3.8, 4) is 0 Å². The lowest BCUT2D eigenvalue weighted by Gasteiger charge is -2.31. The molecule has 0 aliphatic heterocycles. The Morgan fingerprint density at radius 1 is 1.28 bits per heavy atom. The Balaban J connectivity index is 0. The number of carbonyl (C=O) groups is 2. The van der Waals surface area contributed by atoms with Gasteiger partial charge >= 0.3 is 11.9 Å². The predicted octanol–water partition coefficient (Wildman–Crippen LogP) is 2.73. The summed E-state index contributed by atoms with van der Waals surface area (Å²) in [5, 5.41) is 18.1. The first kappa shape index (κ1) is 21.4. The van der Waals surface area contributed by atoms with Crippen LogP contribution in [0.5, 0.6) is 0 Å². The topological polar surface area (TPSA) is 101 Å². The first-order valence-corrected chi connectivity index (χ1v) is 7.14. The first-order valence-electron chi connectivity index (χ1n) is 3.90. The number of rotatable bonds is 2. The van der Waals surface area contributed by atoms with Crippen LogP contribution in [0, 0.1) is 5.92 Å². The molecule has 2 unspecified atom stereocenters. The van der Waals surface area contributed by atoms with Crippen molar-refractivity contribution in [1.29, 1.82) is 0 Å². The standard InChI is InChI=1S/C8H6I3NO4.2ClH/c9-2-1-8(11,12)4(7(15)16)5(10)3(2)6(13)14;;/h1,4H,12H2,(H,13,14)(H,15,16);2*1H. The molecule has 5 nitrogen and oxygen atoms in total. The third-order valence-corrected chi connectivity index (χ3v) is 4.93. The zero-order chi connectivity index (χ0) is 12.7. The van der Waals surface area contributed by atoms with Gasteiger partial charge in [-0.05, 0) is 51.3 Å². The van der Waals surface area contributed by atoms with Gasteiger partial charge in [0.05, 0.1) is 5.57 Å². The van der Waals surface area contributed by atoms with Gasteiger partial charge in [-0.3, -0.25) is 4.79 Å². The third kappa shape index (κ3) is 4.33. The zero-order valence-corrected chi connectivity index (χ0v) is 16.5. The monoisotopic (exact) mass is 633 g/mol. The summed E-state index contributed by atoms with van der Waals surface area (Å²) in [7, 11) is 0. The number of aliphatic carboxylic acids is 2. The van der Waals surface area contributed by atoms with Crippen molar-refractivity contribution in [3.63, 3.8) is 0 Å². The van der Waals surface area contributed by atoms with Gasteiger partial charge in [0.25, 0.3) is 0 Å². The number of alkyl halides is 1. The Morgan fingerprint density at radius 3 is 2.06 bits per heavy atom. The van der Waals surface area contributed by atoms with Gasteiger partial charge in [0, 0.05) is 7.16 Å². The number of hydrogen-bond acceptors (Lipinski definition) is 3. The van der Waals surface area contributed by atoms with Crippen LogP contribution in [-0.2, 0) is 9.59 Å². The number of carboxylic acids is 2. The molecule has 0 bridgehead atoms. The molecule has 0 spiro atoms. The summed E-state index contributed by atoms with van der Waals surface area (Å²) in [6.45, 7) is 0. The van der Waals surface area contributed by atoms with E-state index in [-0.39, 0.29) is 34.0 Å². The minimum absolute atomic E-state index is 0. The number of halogens is 5. The lowest BCUT2D eigenvalue weighted by molar-refractivity contribution is -0.140. The average Bonchev–Trinajstić information content (AvgIpc) is 1.97. The van der Waals surface area contributed by atoms with E-state index in [1.807, 2.05) is 45.2 Å². The van der Waals surface area contributed by atoms with Gasteiger partial charge in [-0.2, -0.15) is 0 Å². The lowest BCUT2D eigenvalue weighted by atomic mass is 9.92. The largest absolute Gasteiger partial charge is 0.481 e. The summed E-state index contributed by atoms with van der Waals surface area (Å²) in [6, 6.07) is 0. The maximum Gasteiger partial charge on any atom is 0.337 e. The van der Waals surface area contributed by atoms with E-state index in [0.29, 0.717) is 3.58 Å². The minimum atomic E-state index is -1.14. The second-order valence-corrected chi connectivity index (χ2v) is 7.31. The van der Waals surface area contributed by atoms with Crippen LogP contribution < -0.4 is 5.73 Å². The van der Waals surface area contributed by atoms with Crippen molar-refractivity contribution < 1.29 is 19.8 Å². The van der Waals surface area contributed by atoms with Crippen molar-refractivity contribution in [2.75, 3.05) is 0 Å². The van der Waals surface area contributed by atoms with Crippen molar-refractivity contribution in [1.82, 2.24) is 0 Å². The summed E-state index contributed by atoms with van der Waals surface area (Å²) in [4.78, 5) is 22.1. The smallest absolute Gasteiger partial charge is 0.337 e. The van der Waals surface area contributed by atoms with E-state index >= 15 is 0 Å². The molecule has 0 aromatic carbocycles. The molecule has 1 aliphatic carbocycles. The molecule has 0 amide bonds. The molecule has 1 aliphatic rings. The van der Waals surface area contributed by atoms with Gasteiger partial charge in [-0.15, -0.1) is 24.8 Å². The van der Waals surface area contributed by atoms with Crippen LogP contribution >= 0.6 is 92.6 Å². The molecule has 4 N–H and O–H groups in total. The van der Waals surface area contributed by atoms with Crippen LogP contribution in [0.2, 0.25) is 0 Å². The molecule has 0 fully saturated rings. The number of nitrogens with two attached hydrogens (primary N) is 1. The fourth-order valence-corrected chi connectivity index (χ4v) is 6.24. The summed E-state index contributed by atoms with van der Waals surface area (Å²) in [6.07, 6.45) is 1.47. The third-order valence-electron chi connectivity index (χ3n) is 1.98. The molecule has 0 saturated heterocycles. The van der Waals surface area contributed by atoms with Crippen molar-refractivity contribution in [2.45, 2.75) is 3.55 Å². The Hall–Kier alpha value is 1.15. The summed E-state index contributed by atoms with van der Waals surface area (Å²) in [5.41, 5.74) is 5.88. The second-order valence-electron chi connectivity index (χ2n) is 3.12. The molecule has 1 rings (SSSR count). The molecule has 18 heavy (non-hydrogen) atoms. The SMILES string of the molecule is Cl.Cl.NC1(I)C=C(I)C(C(=O)O)=C(I)C1C(=O)O. The van der Waals surface area contributed by atoms with Gasteiger partial charge < -0.3 is 15.9 Å². The second kappa shape index (κ2) is 7.81. The number of carboxylic acid groups (broad SMARTS) is 2.